The highest BCUT2D eigenvalue weighted by Gasteiger charge is 2.20. The van der Waals surface area contributed by atoms with Crippen molar-refractivity contribution in [1.82, 2.24) is 4.57 Å². The number of para-hydroxylation sites is 3. The standard InChI is InChI=1S/C52H34N2O/c1-4-14-35(15-5-1)36-24-27-40(28-25-36)53(38-16-6-2-7-17-38)41-29-31-50-47(33-41)52-44-22-11-10-20-42(44)45(34-51(52)55-50)37-26-30-49-46(32-37)43-21-12-13-23-48(43)54(49)39-18-8-3-9-19-39/h1-34H. The van der Waals surface area contributed by atoms with Gasteiger partial charge in [0, 0.05) is 44.3 Å². The Morgan fingerprint density at radius 2 is 0.927 bits per heavy atom. The second kappa shape index (κ2) is 12.6. The number of hydrogen-bond donors (Lipinski definition) is 0. The van der Waals surface area contributed by atoms with Gasteiger partial charge in [-0.05, 0) is 112 Å². The zero-order chi connectivity index (χ0) is 36.3. The predicted molar refractivity (Wildman–Crippen MR) is 231 cm³/mol. The fraction of sp³-hybridized carbons (Fsp3) is 0. The number of anilines is 3. The molecule has 0 atom stereocenters. The smallest absolute Gasteiger partial charge is 0.136 e. The molecule has 2 aromatic heterocycles. The fourth-order valence-corrected chi connectivity index (χ4v) is 8.46. The van der Waals surface area contributed by atoms with Crippen LogP contribution in [-0.4, -0.2) is 4.57 Å². The van der Waals surface area contributed by atoms with Gasteiger partial charge in [0.15, 0.2) is 0 Å². The largest absolute Gasteiger partial charge is 0.456 e. The van der Waals surface area contributed by atoms with Crippen LogP contribution < -0.4 is 4.90 Å². The average Bonchev–Trinajstić information content (AvgIpc) is 3.80. The quantitative estimate of drug-likeness (QED) is 0.172. The molecule has 0 bridgehead atoms. The van der Waals surface area contributed by atoms with Crippen molar-refractivity contribution in [1.29, 1.82) is 0 Å². The van der Waals surface area contributed by atoms with Crippen molar-refractivity contribution in [2.45, 2.75) is 0 Å². The SMILES string of the molecule is c1ccc(-c2ccc(N(c3ccccc3)c3ccc4oc5cc(-c6ccc7c(c6)c6ccccc6n7-c6ccccc6)c6ccccc6c5c4c3)cc2)cc1. The summed E-state index contributed by atoms with van der Waals surface area (Å²) in [5, 5.41) is 7.07. The number of nitrogens with zero attached hydrogens (tertiary/aromatic N) is 2. The average molecular weight is 703 g/mol. The summed E-state index contributed by atoms with van der Waals surface area (Å²) >= 11 is 0. The van der Waals surface area contributed by atoms with E-state index in [1.54, 1.807) is 0 Å². The Kier molecular flexibility index (Phi) is 7.17. The molecule has 0 aliphatic rings. The van der Waals surface area contributed by atoms with Crippen LogP contribution in [0.1, 0.15) is 0 Å². The summed E-state index contributed by atoms with van der Waals surface area (Å²) in [5.74, 6) is 0. The Labute approximate surface area is 318 Å². The molecule has 55 heavy (non-hydrogen) atoms. The molecule has 0 saturated heterocycles. The zero-order valence-corrected chi connectivity index (χ0v) is 29.9. The molecule has 0 aliphatic carbocycles. The molecule has 0 fully saturated rings. The Bertz CT molecular complexity index is 3180. The lowest BCUT2D eigenvalue weighted by atomic mass is 9.94. The van der Waals surface area contributed by atoms with Crippen LogP contribution in [0.4, 0.5) is 17.1 Å². The van der Waals surface area contributed by atoms with Gasteiger partial charge in [0.2, 0.25) is 0 Å². The van der Waals surface area contributed by atoms with Crippen molar-refractivity contribution >= 4 is 71.6 Å². The lowest BCUT2D eigenvalue weighted by molar-refractivity contribution is 0.669. The summed E-state index contributed by atoms with van der Waals surface area (Å²) in [7, 11) is 0. The predicted octanol–water partition coefficient (Wildman–Crippen LogP) is 14.6. The van der Waals surface area contributed by atoms with Crippen LogP contribution in [0.25, 0.3) is 82.5 Å². The van der Waals surface area contributed by atoms with Gasteiger partial charge < -0.3 is 13.9 Å². The summed E-state index contributed by atoms with van der Waals surface area (Å²) in [6, 6.07) is 73.7. The first-order valence-corrected chi connectivity index (χ1v) is 18.8. The van der Waals surface area contributed by atoms with Crippen LogP contribution in [0, 0.1) is 0 Å². The lowest BCUT2D eigenvalue weighted by Gasteiger charge is -2.25. The first-order chi connectivity index (χ1) is 27.3. The van der Waals surface area contributed by atoms with E-state index in [1.807, 2.05) is 0 Å². The third-order valence-electron chi connectivity index (χ3n) is 11.0. The molecule has 11 aromatic rings. The number of rotatable bonds is 6. The Balaban J connectivity index is 1.08. The molecular formula is C52H34N2O. The first-order valence-electron chi connectivity index (χ1n) is 18.8. The highest BCUT2D eigenvalue weighted by molar-refractivity contribution is 6.23. The van der Waals surface area contributed by atoms with Gasteiger partial charge >= 0.3 is 0 Å². The van der Waals surface area contributed by atoms with Gasteiger partial charge in [0.1, 0.15) is 11.2 Å². The fourth-order valence-electron chi connectivity index (χ4n) is 8.46. The summed E-state index contributed by atoms with van der Waals surface area (Å²) in [6.07, 6.45) is 0. The van der Waals surface area contributed by atoms with Crippen molar-refractivity contribution in [3.63, 3.8) is 0 Å². The molecule has 3 heteroatoms. The Morgan fingerprint density at radius 3 is 1.71 bits per heavy atom. The molecule has 0 aliphatic heterocycles. The van der Waals surface area contributed by atoms with Crippen molar-refractivity contribution < 1.29 is 4.42 Å². The van der Waals surface area contributed by atoms with Crippen molar-refractivity contribution in [2.24, 2.45) is 0 Å². The van der Waals surface area contributed by atoms with Gasteiger partial charge in [-0.3, -0.25) is 0 Å². The third kappa shape index (κ3) is 5.13. The molecule has 0 unspecified atom stereocenters. The number of hydrogen-bond acceptors (Lipinski definition) is 2. The lowest BCUT2D eigenvalue weighted by Crippen LogP contribution is -2.09. The number of furan rings is 1. The van der Waals surface area contributed by atoms with Crippen molar-refractivity contribution in [2.75, 3.05) is 4.90 Å². The van der Waals surface area contributed by atoms with Gasteiger partial charge in [-0.1, -0.05) is 127 Å². The maximum Gasteiger partial charge on any atom is 0.136 e. The molecule has 0 radical (unpaired) electrons. The molecule has 0 spiro atoms. The Morgan fingerprint density at radius 1 is 0.345 bits per heavy atom. The first kappa shape index (κ1) is 31.2. The molecule has 9 aromatic carbocycles. The summed E-state index contributed by atoms with van der Waals surface area (Å²) in [4.78, 5) is 2.32. The van der Waals surface area contributed by atoms with E-state index in [-0.39, 0.29) is 0 Å². The van der Waals surface area contributed by atoms with E-state index in [1.165, 1.54) is 43.7 Å². The molecular weight excluding hydrogens is 669 g/mol. The monoisotopic (exact) mass is 702 g/mol. The maximum atomic E-state index is 6.73. The van der Waals surface area contributed by atoms with E-state index in [0.717, 1.165) is 55.8 Å². The second-order valence-electron chi connectivity index (χ2n) is 14.1. The second-order valence-corrected chi connectivity index (χ2v) is 14.1. The van der Waals surface area contributed by atoms with E-state index >= 15 is 0 Å². The minimum absolute atomic E-state index is 0.870. The van der Waals surface area contributed by atoms with Crippen LogP contribution in [0.2, 0.25) is 0 Å². The van der Waals surface area contributed by atoms with Gasteiger partial charge in [-0.2, -0.15) is 0 Å². The minimum atomic E-state index is 0.870. The summed E-state index contributed by atoms with van der Waals surface area (Å²) in [5.41, 5.74) is 13.3. The highest BCUT2D eigenvalue weighted by Crippen LogP contribution is 2.44. The number of fused-ring (bicyclic) bond motifs is 8. The van der Waals surface area contributed by atoms with Crippen LogP contribution >= 0.6 is 0 Å². The van der Waals surface area contributed by atoms with E-state index in [9.17, 15) is 0 Å². The molecule has 0 N–H and O–H groups in total. The minimum Gasteiger partial charge on any atom is -0.456 e. The van der Waals surface area contributed by atoms with Crippen LogP contribution in [0.15, 0.2) is 211 Å². The van der Waals surface area contributed by atoms with Gasteiger partial charge in [-0.15, -0.1) is 0 Å². The molecule has 2 heterocycles. The topological polar surface area (TPSA) is 21.3 Å². The third-order valence-corrected chi connectivity index (χ3v) is 11.0. The van der Waals surface area contributed by atoms with Crippen LogP contribution in [0.5, 0.6) is 0 Å². The van der Waals surface area contributed by atoms with Crippen LogP contribution in [-0.2, 0) is 0 Å². The zero-order valence-electron chi connectivity index (χ0n) is 29.9. The van der Waals surface area contributed by atoms with Gasteiger partial charge in [-0.25, -0.2) is 0 Å². The normalized spacial score (nSPS) is 11.6. The van der Waals surface area contributed by atoms with E-state index in [4.69, 9.17) is 4.42 Å². The number of aromatic nitrogens is 1. The van der Waals surface area contributed by atoms with E-state index < -0.39 is 0 Å². The highest BCUT2D eigenvalue weighted by atomic mass is 16.3. The molecule has 0 amide bonds. The summed E-state index contributed by atoms with van der Waals surface area (Å²) < 4.78 is 9.09. The molecule has 3 nitrogen and oxygen atoms in total. The van der Waals surface area contributed by atoms with E-state index in [0.29, 0.717) is 0 Å². The molecule has 0 saturated carbocycles. The summed E-state index contributed by atoms with van der Waals surface area (Å²) in [6.45, 7) is 0. The Hall–Kier alpha value is -7.36. The molecule has 11 rings (SSSR count). The van der Waals surface area contributed by atoms with E-state index in [2.05, 4.69) is 216 Å². The van der Waals surface area contributed by atoms with Crippen molar-refractivity contribution in [3.05, 3.63) is 206 Å². The van der Waals surface area contributed by atoms with Gasteiger partial charge in [0.25, 0.3) is 0 Å². The molecule has 258 valence electrons. The maximum absolute atomic E-state index is 6.73. The van der Waals surface area contributed by atoms with Crippen LogP contribution in [0.3, 0.4) is 0 Å². The number of benzene rings is 9. The van der Waals surface area contributed by atoms with Gasteiger partial charge in [0.05, 0.1) is 11.0 Å². The van der Waals surface area contributed by atoms with Crippen molar-refractivity contribution in [3.8, 4) is 27.9 Å².